The monoisotopic (exact) mass is 357 g/mol. The van der Waals surface area contributed by atoms with E-state index in [1.54, 1.807) is 53.8 Å². The molecule has 0 spiro atoms. The Hall–Kier alpha value is -2.16. The molecular weight excluding hydrogens is 332 g/mol. The fourth-order valence-electron chi connectivity index (χ4n) is 1.44. The number of anilines is 2. The molecule has 0 fully saturated rings. The summed E-state index contributed by atoms with van der Waals surface area (Å²) in [7, 11) is 0. The van der Waals surface area contributed by atoms with Crippen molar-refractivity contribution < 1.29 is 23.9 Å². The van der Waals surface area contributed by atoms with Crippen molar-refractivity contribution in [1.82, 2.24) is 0 Å². The quantitative estimate of drug-likeness (QED) is 0.464. The molecule has 0 atom stereocenters. The van der Waals surface area contributed by atoms with Crippen molar-refractivity contribution in [2.24, 2.45) is 5.11 Å². The molecule has 0 saturated heterocycles. The van der Waals surface area contributed by atoms with E-state index in [2.05, 4.69) is 10.5 Å². The Morgan fingerprint density at radius 3 is 2.12 bits per heavy atom. The van der Waals surface area contributed by atoms with E-state index in [1.165, 1.54) is 11.3 Å². The highest BCUT2D eigenvalue weighted by molar-refractivity contribution is 7.14. The first kappa shape index (κ1) is 19.9. The number of nitrogen functional groups attached to an aromatic ring is 1. The number of hydrogen-bond acceptors (Lipinski definition) is 6. The van der Waals surface area contributed by atoms with Gasteiger partial charge in [-0.2, -0.15) is 4.79 Å². The number of thiophene rings is 1. The van der Waals surface area contributed by atoms with Gasteiger partial charge in [0.25, 0.3) is 0 Å². The summed E-state index contributed by atoms with van der Waals surface area (Å²) in [6.45, 7) is 12.0. The minimum Gasteiger partial charge on any atom is -0.439 e. The van der Waals surface area contributed by atoms with Gasteiger partial charge in [0.15, 0.2) is 0 Å². The zero-order valence-electron chi connectivity index (χ0n) is 15.1. The Balaban J connectivity index is 3.09. The number of amides is 2. The van der Waals surface area contributed by atoms with Crippen LogP contribution in [0.15, 0.2) is 10.5 Å². The molecule has 134 valence electrons. The van der Waals surface area contributed by atoms with Gasteiger partial charge in [0.05, 0.1) is 5.00 Å². The maximum absolute atomic E-state index is 12.3. The number of nitrogens with two attached hydrogens (primary N) is 1. The van der Waals surface area contributed by atoms with Crippen molar-refractivity contribution in [3.63, 3.8) is 0 Å². The van der Waals surface area contributed by atoms with Gasteiger partial charge in [-0.3, -0.25) is 0 Å². The number of carbonyl (C=O) groups is 2. The van der Waals surface area contributed by atoms with Gasteiger partial charge in [0.2, 0.25) is 0 Å². The molecule has 9 heteroatoms. The van der Waals surface area contributed by atoms with Crippen LogP contribution in [0.3, 0.4) is 0 Å². The Morgan fingerprint density at radius 2 is 1.71 bits per heavy atom. The molecule has 0 saturated carbocycles. The average Bonchev–Trinajstić information content (AvgIpc) is 2.65. The molecule has 3 N–H and O–H groups in total. The van der Waals surface area contributed by atoms with Crippen LogP contribution in [0.5, 0.6) is 0 Å². The van der Waals surface area contributed by atoms with Crippen molar-refractivity contribution in [1.29, 1.82) is 0 Å². The first-order valence-electron chi connectivity index (χ1n) is 7.36. The number of nitrogens with one attached hydrogen (secondary N) is 1. The molecule has 0 aliphatic heterocycles. The van der Waals surface area contributed by atoms with Crippen molar-refractivity contribution in [3.8, 4) is 0 Å². The molecule has 1 aromatic rings. The maximum Gasteiger partial charge on any atom is 0.654 e. The highest BCUT2D eigenvalue weighted by Crippen LogP contribution is 2.28. The molecule has 1 aromatic heterocycles. The van der Waals surface area contributed by atoms with Gasteiger partial charge in [-0.25, -0.2) is 4.79 Å². The van der Waals surface area contributed by atoms with Crippen molar-refractivity contribution >= 4 is 34.2 Å². The predicted octanol–water partition coefficient (Wildman–Crippen LogP) is 4.30. The van der Waals surface area contributed by atoms with Crippen molar-refractivity contribution in [3.05, 3.63) is 10.9 Å². The number of ether oxygens (including phenoxy) is 2. The first-order valence-corrected chi connectivity index (χ1v) is 8.24. The molecule has 0 aromatic carbocycles. The second kappa shape index (κ2) is 7.16. The molecule has 2 amide bonds. The molecule has 1 rings (SSSR count). The van der Waals surface area contributed by atoms with Crippen LogP contribution in [0, 0.1) is 6.92 Å². The SMILES string of the molecule is Cc1c(N[N+](=NC(=O)OC(C)(C)C)C(=O)OC(C)(C)C)csc1N. The van der Waals surface area contributed by atoms with Gasteiger partial charge in [-0.05, 0) is 48.5 Å². The number of nitrogens with zero attached hydrogens (tertiary/aromatic N) is 2. The molecule has 1 heterocycles. The molecule has 0 aliphatic rings. The highest BCUT2D eigenvalue weighted by Gasteiger charge is 2.33. The van der Waals surface area contributed by atoms with Gasteiger partial charge < -0.3 is 15.2 Å². The largest absolute Gasteiger partial charge is 0.654 e. The molecule has 8 nitrogen and oxygen atoms in total. The van der Waals surface area contributed by atoms with Crippen LogP contribution >= 0.6 is 11.3 Å². The lowest BCUT2D eigenvalue weighted by Gasteiger charge is -2.17. The van der Waals surface area contributed by atoms with Crippen LogP contribution in [-0.4, -0.2) is 28.2 Å². The topological polar surface area (TPSA) is 106 Å². The van der Waals surface area contributed by atoms with Crippen LogP contribution in [-0.2, 0) is 9.47 Å². The van der Waals surface area contributed by atoms with Crippen molar-refractivity contribution in [2.45, 2.75) is 59.7 Å². The second-order valence-electron chi connectivity index (χ2n) is 7.12. The Labute approximate surface area is 145 Å². The van der Waals surface area contributed by atoms with Gasteiger partial charge in [0.1, 0.15) is 26.8 Å². The van der Waals surface area contributed by atoms with Gasteiger partial charge in [0, 0.05) is 10.9 Å². The van der Waals surface area contributed by atoms with E-state index in [4.69, 9.17) is 15.2 Å². The van der Waals surface area contributed by atoms with E-state index >= 15 is 0 Å². The van der Waals surface area contributed by atoms with Crippen LogP contribution in [0.4, 0.5) is 20.3 Å². The highest BCUT2D eigenvalue weighted by atomic mass is 32.1. The summed E-state index contributed by atoms with van der Waals surface area (Å²) in [6.07, 6.45) is -1.75. The zero-order valence-corrected chi connectivity index (χ0v) is 15.9. The molecule has 0 aliphatic carbocycles. The molecular formula is C15H25N4O4S+. The molecule has 0 bridgehead atoms. The standard InChI is InChI=1S/C15H24N4O4S/c1-9-10(8-24-11(9)16)17-19(13(21)23-15(5,6)7)18-12(20)22-14(2,3)4/h8H,16H2,1-7H3/p+1. The summed E-state index contributed by atoms with van der Waals surface area (Å²) in [6, 6.07) is 0. The molecule has 24 heavy (non-hydrogen) atoms. The lowest BCUT2D eigenvalue weighted by molar-refractivity contribution is -0.483. The lowest BCUT2D eigenvalue weighted by atomic mass is 10.2. The minimum atomic E-state index is -0.915. The molecule has 0 radical (unpaired) electrons. The molecule has 0 unspecified atom stereocenters. The third kappa shape index (κ3) is 6.53. The summed E-state index contributed by atoms with van der Waals surface area (Å²) in [4.78, 5) is 24.9. The average molecular weight is 357 g/mol. The van der Waals surface area contributed by atoms with E-state index in [1.807, 2.05) is 0 Å². The number of azo groups is 1. The Bertz CT molecular complexity index is 653. The number of carbonyl (C=O) groups excluding carboxylic acids is 2. The zero-order chi connectivity index (χ0) is 18.7. The van der Waals surface area contributed by atoms with E-state index < -0.39 is 23.4 Å². The number of hydrogen-bond donors (Lipinski definition) is 2. The third-order valence-electron chi connectivity index (χ3n) is 2.45. The normalized spacial score (nSPS) is 12.7. The Morgan fingerprint density at radius 1 is 1.17 bits per heavy atom. The predicted molar refractivity (Wildman–Crippen MR) is 92.2 cm³/mol. The van der Waals surface area contributed by atoms with Gasteiger partial charge in [-0.1, -0.05) is 0 Å². The Kier molecular flexibility index (Phi) is 5.94. The van der Waals surface area contributed by atoms with Crippen LogP contribution in [0.1, 0.15) is 47.1 Å². The van der Waals surface area contributed by atoms with Crippen molar-refractivity contribution in [2.75, 3.05) is 11.2 Å². The van der Waals surface area contributed by atoms with Gasteiger partial charge in [-0.15, -0.1) is 16.8 Å². The maximum atomic E-state index is 12.3. The lowest BCUT2D eigenvalue weighted by Crippen LogP contribution is -2.34. The van der Waals surface area contributed by atoms with Crippen LogP contribution < -0.4 is 11.2 Å². The minimum absolute atomic E-state index is 0.552. The summed E-state index contributed by atoms with van der Waals surface area (Å²) >= 11 is 1.31. The van der Waals surface area contributed by atoms with E-state index in [-0.39, 0.29) is 0 Å². The number of rotatable bonds is 2. The van der Waals surface area contributed by atoms with E-state index in [0.29, 0.717) is 15.5 Å². The van der Waals surface area contributed by atoms with Gasteiger partial charge >= 0.3 is 12.2 Å². The first-order chi connectivity index (χ1) is 10.8. The van der Waals surface area contributed by atoms with Crippen LogP contribution in [0.25, 0.3) is 0 Å². The summed E-state index contributed by atoms with van der Waals surface area (Å²) in [5.74, 6) is 0. The summed E-state index contributed by atoms with van der Waals surface area (Å²) < 4.78 is 10.3. The summed E-state index contributed by atoms with van der Waals surface area (Å²) in [5, 5.41) is 5.95. The van der Waals surface area contributed by atoms with E-state index in [9.17, 15) is 9.59 Å². The van der Waals surface area contributed by atoms with E-state index in [0.717, 1.165) is 5.56 Å². The summed E-state index contributed by atoms with van der Waals surface area (Å²) in [5.41, 5.74) is 8.34. The third-order valence-corrected chi connectivity index (χ3v) is 3.36. The second-order valence-corrected chi connectivity index (χ2v) is 8.03. The number of hydrazine groups is 1. The smallest absolute Gasteiger partial charge is 0.439 e. The fourth-order valence-corrected chi connectivity index (χ4v) is 2.20. The fraction of sp³-hybridized carbons (Fsp3) is 0.600. The van der Waals surface area contributed by atoms with Crippen LogP contribution in [0.2, 0.25) is 0 Å².